The Balaban J connectivity index is 1.66. The van der Waals surface area contributed by atoms with E-state index in [1.165, 1.54) is 12.1 Å². The minimum Gasteiger partial charge on any atom is -0.272 e. The van der Waals surface area contributed by atoms with Crippen LogP contribution in [0.5, 0.6) is 0 Å². The first kappa shape index (κ1) is 19.9. The predicted molar refractivity (Wildman–Crippen MR) is 114 cm³/mol. The van der Waals surface area contributed by atoms with Gasteiger partial charge in [0.05, 0.1) is 11.9 Å². The van der Waals surface area contributed by atoms with Crippen LogP contribution in [0.4, 0.5) is 4.39 Å². The maximum Gasteiger partial charge on any atom is 0.123 e. The van der Waals surface area contributed by atoms with E-state index >= 15 is 0 Å². The molecule has 4 rings (SSSR count). The van der Waals surface area contributed by atoms with Crippen molar-refractivity contribution in [3.8, 4) is 11.1 Å². The Labute approximate surface area is 175 Å². The Kier molecular flexibility index (Phi) is 5.93. The molecule has 1 atom stereocenters. The van der Waals surface area contributed by atoms with Gasteiger partial charge in [-0.15, -0.1) is 0 Å². The van der Waals surface area contributed by atoms with E-state index < -0.39 is 0 Å². The minimum absolute atomic E-state index is 0.217. The first-order chi connectivity index (χ1) is 14.6. The number of pyridine rings is 1. The fraction of sp³-hybridized carbons (Fsp3) is 0.250. The number of benzene rings is 1. The third-order valence-corrected chi connectivity index (χ3v) is 5.16. The number of aromatic nitrogens is 5. The van der Waals surface area contributed by atoms with E-state index in [0.29, 0.717) is 6.42 Å². The highest BCUT2D eigenvalue weighted by molar-refractivity contribution is 5.62. The molecular weight excluding hydrogens is 377 g/mol. The van der Waals surface area contributed by atoms with Gasteiger partial charge in [0.1, 0.15) is 5.82 Å². The molecule has 1 aromatic carbocycles. The van der Waals surface area contributed by atoms with E-state index in [1.54, 1.807) is 18.6 Å². The van der Waals surface area contributed by atoms with Gasteiger partial charge in [0.25, 0.3) is 0 Å². The summed E-state index contributed by atoms with van der Waals surface area (Å²) in [6.45, 7) is 5.03. The molecule has 0 unspecified atom stereocenters. The van der Waals surface area contributed by atoms with Crippen LogP contribution in [0.2, 0.25) is 0 Å². The molecule has 0 aliphatic heterocycles. The minimum atomic E-state index is -0.217. The van der Waals surface area contributed by atoms with Crippen LogP contribution in [-0.2, 0) is 19.4 Å². The Morgan fingerprint density at radius 3 is 2.47 bits per heavy atom. The van der Waals surface area contributed by atoms with Crippen molar-refractivity contribution >= 4 is 0 Å². The third-order valence-electron chi connectivity index (χ3n) is 5.16. The standard InChI is InChI=1S/C24H24FN5/c1-3-30-16-20(14-28-30)19-11-22(10-17(2)18-4-6-21(25)7-5-18)29-23(12-19)13-24-15-26-8-9-27-24/h4-9,11-12,14-17H,3,10,13H2,1-2H3/t17-/m1/s1. The fourth-order valence-corrected chi connectivity index (χ4v) is 3.53. The van der Waals surface area contributed by atoms with Crippen LogP contribution in [0.3, 0.4) is 0 Å². The van der Waals surface area contributed by atoms with Crippen molar-refractivity contribution in [3.63, 3.8) is 0 Å². The van der Waals surface area contributed by atoms with E-state index in [2.05, 4.69) is 47.2 Å². The number of hydrogen-bond acceptors (Lipinski definition) is 4. The molecule has 0 aliphatic carbocycles. The molecule has 0 aliphatic rings. The molecule has 0 amide bonds. The van der Waals surface area contributed by atoms with Gasteiger partial charge in [-0.2, -0.15) is 5.10 Å². The van der Waals surface area contributed by atoms with Crippen molar-refractivity contribution in [3.05, 3.63) is 95.8 Å². The summed E-state index contributed by atoms with van der Waals surface area (Å²) >= 11 is 0. The third kappa shape index (κ3) is 4.76. The number of nitrogens with zero attached hydrogens (tertiary/aromatic N) is 5. The van der Waals surface area contributed by atoms with Gasteiger partial charge in [-0.25, -0.2) is 4.39 Å². The highest BCUT2D eigenvalue weighted by Gasteiger charge is 2.13. The lowest BCUT2D eigenvalue weighted by Gasteiger charge is -2.14. The molecule has 0 saturated heterocycles. The number of aryl methyl sites for hydroxylation is 1. The zero-order chi connectivity index (χ0) is 20.9. The predicted octanol–water partition coefficient (Wildman–Crippen LogP) is 4.83. The molecule has 6 heteroatoms. The second-order valence-corrected chi connectivity index (χ2v) is 7.45. The van der Waals surface area contributed by atoms with Crippen molar-refractivity contribution in [1.82, 2.24) is 24.7 Å². The highest BCUT2D eigenvalue weighted by Crippen LogP contribution is 2.25. The molecule has 0 fully saturated rings. The van der Waals surface area contributed by atoms with Crippen molar-refractivity contribution in [1.29, 1.82) is 0 Å². The monoisotopic (exact) mass is 401 g/mol. The van der Waals surface area contributed by atoms with Gasteiger partial charge in [-0.05, 0) is 54.7 Å². The highest BCUT2D eigenvalue weighted by atomic mass is 19.1. The van der Waals surface area contributed by atoms with Crippen LogP contribution in [0.15, 0.2) is 67.4 Å². The lowest BCUT2D eigenvalue weighted by molar-refractivity contribution is 0.625. The van der Waals surface area contributed by atoms with Gasteiger partial charge in [0.15, 0.2) is 0 Å². The number of hydrogen-bond donors (Lipinski definition) is 0. The van der Waals surface area contributed by atoms with Gasteiger partial charge >= 0.3 is 0 Å². The second-order valence-electron chi connectivity index (χ2n) is 7.45. The van der Waals surface area contributed by atoms with Gasteiger partial charge in [-0.1, -0.05) is 19.1 Å². The van der Waals surface area contributed by atoms with Crippen LogP contribution in [0.1, 0.15) is 42.4 Å². The molecule has 30 heavy (non-hydrogen) atoms. The van der Waals surface area contributed by atoms with Crippen LogP contribution in [-0.4, -0.2) is 24.7 Å². The average molecular weight is 401 g/mol. The maximum atomic E-state index is 13.3. The van der Waals surface area contributed by atoms with Crippen molar-refractivity contribution < 1.29 is 4.39 Å². The fourth-order valence-electron chi connectivity index (χ4n) is 3.53. The van der Waals surface area contributed by atoms with Crippen LogP contribution in [0, 0.1) is 5.82 Å². The van der Waals surface area contributed by atoms with E-state index in [4.69, 9.17) is 4.98 Å². The first-order valence-corrected chi connectivity index (χ1v) is 10.1. The molecule has 0 bridgehead atoms. The lowest BCUT2D eigenvalue weighted by atomic mass is 9.94. The van der Waals surface area contributed by atoms with Crippen molar-refractivity contribution in [2.45, 2.75) is 39.2 Å². The lowest BCUT2D eigenvalue weighted by Crippen LogP contribution is -2.04. The molecule has 3 heterocycles. The summed E-state index contributed by atoms with van der Waals surface area (Å²) in [6.07, 6.45) is 10.4. The van der Waals surface area contributed by atoms with E-state index in [0.717, 1.165) is 46.7 Å². The van der Waals surface area contributed by atoms with Gasteiger partial charge in [0.2, 0.25) is 0 Å². The topological polar surface area (TPSA) is 56.5 Å². The largest absolute Gasteiger partial charge is 0.272 e. The summed E-state index contributed by atoms with van der Waals surface area (Å²) in [6, 6.07) is 10.9. The van der Waals surface area contributed by atoms with Gasteiger partial charge in [-0.3, -0.25) is 19.6 Å². The average Bonchev–Trinajstić information content (AvgIpc) is 3.24. The van der Waals surface area contributed by atoms with E-state index in [-0.39, 0.29) is 11.7 Å². The molecule has 5 nitrogen and oxygen atoms in total. The Morgan fingerprint density at radius 2 is 1.77 bits per heavy atom. The van der Waals surface area contributed by atoms with Crippen molar-refractivity contribution in [2.24, 2.45) is 0 Å². The number of rotatable bonds is 7. The first-order valence-electron chi connectivity index (χ1n) is 10.1. The summed E-state index contributed by atoms with van der Waals surface area (Å²) in [5.74, 6) is 0.00125. The van der Waals surface area contributed by atoms with Crippen LogP contribution < -0.4 is 0 Å². The zero-order valence-electron chi connectivity index (χ0n) is 17.2. The molecule has 4 aromatic rings. The van der Waals surface area contributed by atoms with Crippen LogP contribution in [0.25, 0.3) is 11.1 Å². The normalized spacial score (nSPS) is 12.1. The SMILES string of the molecule is CCn1cc(-c2cc(Cc3cnccn3)nc(C[C@@H](C)c3ccc(F)cc3)c2)cn1. The summed E-state index contributed by atoms with van der Waals surface area (Å²) in [5.41, 5.74) is 6.06. The Bertz CT molecular complexity index is 1110. The summed E-state index contributed by atoms with van der Waals surface area (Å²) in [5, 5.41) is 4.41. The van der Waals surface area contributed by atoms with E-state index in [9.17, 15) is 4.39 Å². The Morgan fingerprint density at radius 1 is 0.967 bits per heavy atom. The molecule has 0 spiro atoms. The molecule has 0 radical (unpaired) electrons. The molecule has 0 saturated carbocycles. The molecule has 152 valence electrons. The molecular formula is C24H24FN5. The van der Waals surface area contributed by atoms with Gasteiger partial charge in [0, 0.05) is 54.7 Å². The van der Waals surface area contributed by atoms with Crippen LogP contribution >= 0.6 is 0 Å². The van der Waals surface area contributed by atoms with Gasteiger partial charge < -0.3 is 0 Å². The molecule has 0 N–H and O–H groups in total. The smallest absolute Gasteiger partial charge is 0.123 e. The zero-order valence-corrected chi connectivity index (χ0v) is 17.2. The number of halogens is 1. The summed E-state index contributed by atoms with van der Waals surface area (Å²) in [4.78, 5) is 13.4. The summed E-state index contributed by atoms with van der Waals surface area (Å²) in [7, 11) is 0. The van der Waals surface area contributed by atoms with Crippen molar-refractivity contribution in [2.75, 3.05) is 0 Å². The second kappa shape index (κ2) is 8.95. The molecule has 3 aromatic heterocycles. The maximum absolute atomic E-state index is 13.3. The van der Waals surface area contributed by atoms with E-state index in [1.807, 2.05) is 23.0 Å². The Hall–Kier alpha value is -3.41. The quantitative estimate of drug-likeness (QED) is 0.445. The summed E-state index contributed by atoms with van der Waals surface area (Å²) < 4.78 is 15.2.